The maximum absolute atomic E-state index is 12.3. The number of hydrogen-bond donors (Lipinski definition) is 1. The molecule has 2 heterocycles. The van der Waals surface area contributed by atoms with Crippen LogP contribution < -0.4 is 10.9 Å². The van der Waals surface area contributed by atoms with Gasteiger partial charge in [-0.05, 0) is 37.1 Å². The summed E-state index contributed by atoms with van der Waals surface area (Å²) in [6.07, 6.45) is 0.634. The zero-order valence-electron chi connectivity index (χ0n) is 17.3. The highest BCUT2D eigenvalue weighted by atomic mass is 35.5. The highest BCUT2D eigenvalue weighted by molar-refractivity contribution is 6.30. The van der Waals surface area contributed by atoms with Gasteiger partial charge in [0.25, 0.3) is 5.56 Å². The van der Waals surface area contributed by atoms with Gasteiger partial charge in [-0.1, -0.05) is 58.7 Å². The molecule has 4 rings (SSSR count). The van der Waals surface area contributed by atoms with E-state index in [1.165, 1.54) is 10.7 Å². The van der Waals surface area contributed by atoms with Crippen molar-refractivity contribution in [1.29, 1.82) is 0 Å². The first-order valence-corrected chi connectivity index (χ1v) is 10.4. The van der Waals surface area contributed by atoms with Gasteiger partial charge in [0.2, 0.25) is 0 Å². The summed E-state index contributed by atoms with van der Waals surface area (Å²) >= 11 is 5.87. The SMILES string of the molecule is Cc1ccc(-c2ccc(=O)n(Cc3noc(C(=O)NCCc4ccc(Cl)cc4)n3)n2)cc1. The first-order chi connectivity index (χ1) is 15.5. The molecular formula is C23H20ClN5O3. The molecule has 0 aliphatic rings. The standard InChI is InChI=1S/C23H20ClN5O3/c1-15-2-6-17(7-3-15)19-10-11-21(30)29(27-19)14-20-26-23(32-28-20)22(31)25-13-12-16-4-8-18(24)9-5-16/h2-11H,12-14H2,1H3,(H,25,31). The first kappa shape index (κ1) is 21.5. The van der Waals surface area contributed by atoms with Crippen molar-refractivity contribution in [2.45, 2.75) is 19.9 Å². The third-order valence-electron chi connectivity index (χ3n) is 4.78. The summed E-state index contributed by atoms with van der Waals surface area (Å²) in [7, 11) is 0. The molecule has 1 amide bonds. The van der Waals surface area contributed by atoms with E-state index in [1.807, 2.05) is 43.3 Å². The Morgan fingerprint density at radius 3 is 2.56 bits per heavy atom. The van der Waals surface area contributed by atoms with Gasteiger partial charge in [0, 0.05) is 23.2 Å². The Morgan fingerprint density at radius 2 is 1.81 bits per heavy atom. The van der Waals surface area contributed by atoms with Crippen LogP contribution in [0.3, 0.4) is 0 Å². The number of nitrogens with one attached hydrogen (secondary N) is 1. The summed E-state index contributed by atoms with van der Waals surface area (Å²) in [5.74, 6) is -0.464. The molecule has 0 fully saturated rings. The van der Waals surface area contributed by atoms with Gasteiger partial charge in [0.1, 0.15) is 6.54 Å². The summed E-state index contributed by atoms with van der Waals surface area (Å²) < 4.78 is 6.29. The number of rotatable bonds is 7. The van der Waals surface area contributed by atoms with Gasteiger partial charge in [-0.25, -0.2) is 4.68 Å². The Bertz CT molecular complexity index is 1280. The van der Waals surface area contributed by atoms with Crippen LogP contribution in [0.2, 0.25) is 5.02 Å². The molecule has 4 aromatic rings. The van der Waals surface area contributed by atoms with Crippen LogP contribution in [0.25, 0.3) is 11.3 Å². The van der Waals surface area contributed by atoms with E-state index in [-0.39, 0.29) is 23.8 Å². The Hall–Kier alpha value is -3.78. The van der Waals surface area contributed by atoms with Crippen LogP contribution in [0.15, 0.2) is 70.0 Å². The molecule has 0 radical (unpaired) electrons. The lowest BCUT2D eigenvalue weighted by Gasteiger charge is -2.05. The van der Waals surface area contributed by atoms with Crippen LogP contribution in [0.5, 0.6) is 0 Å². The number of carbonyl (C=O) groups is 1. The number of carbonyl (C=O) groups excluding carboxylic acids is 1. The quantitative estimate of drug-likeness (QED) is 0.464. The van der Waals surface area contributed by atoms with Crippen molar-refractivity contribution in [2.75, 3.05) is 6.54 Å². The fourth-order valence-electron chi connectivity index (χ4n) is 3.03. The maximum Gasteiger partial charge on any atom is 0.316 e. The van der Waals surface area contributed by atoms with Crippen molar-refractivity contribution in [1.82, 2.24) is 25.2 Å². The molecule has 0 aliphatic heterocycles. The lowest BCUT2D eigenvalue weighted by Crippen LogP contribution is -2.26. The van der Waals surface area contributed by atoms with Gasteiger partial charge in [0.15, 0.2) is 5.82 Å². The molecule has 8 nitrogen and oxygen atoms in total. The number of aromatic nitrogens is 4. The molecule has 0 atom stereocenters. The number of benzene rings is 2. The summed E-state index contributed by atoms with van der Waals surface area (Å²) in [6.45, 7) is 2.39. The second-order valence-corrected chi connectivity index (χ2v) is 7.67. The highest BCUT2D eigenvalue weighted by Gasteiger charge is 2.16. The third-order valence-corrected chi connectivity index (χ3v) is 5.03. The molecule has 0 bridgehead atoms. The van der Waals surface area contributed by atoms with E-state index >= 15 is 0 Å². The van der Waals surface area contributed by atoms with E-state index in [9.17, 15) is 9.59 Å². The van der Waals surface area contributed by atoms with Crippen molar-refractivity contribution in [2.24, 2.45) is 0 Å². The van der Waals surface area contributed by atoms with Crippen LogP contribution in [-0.2, 0) is 13.0 Å². The highest BCUT2D eigenvalue weighted by Crippen LogP contribution is 2.16. The summed E-state index contributed by atoms with van der Waals surface area (Å²) in [5.41, 5.74) is 3.40. The number of aryl methyl sites for hydroxylation is 1. The summed E-state index contributed by atoms with van der Waals surface area (Å²) in [6, 6.07) is 18.3. The second-order valence-electron chi connectivity index (χ2n) is 7.23. The number of halogens is 1. The smallest absolute Gasteiger partial charge is 0.316 e. The van der Waals surface area contributed by atoms with Crippen LogP contribution in [-0.4, -0.2) is 32.4 Å². The molecule has 0 unspecified atom stereocenters. The van der Waals surface area contributed by atoms with Gasteiger partial charge in [-0.15, -0.1) is 0 Å². The Morgan fingerprint density at radius 1 is 1.06 bits per heavy atom. The van der Waals surface area contributed by atoms with E-state index < -0.39 is 5.91 Å². The normalized spacial score (nSPS) is 10.8. The molecule has 1 N–H and O–H groups in total. The van der Waals surface area contributed by atoms with E-state index in [2.05, 4.69) is 20.6 Å². The van der Waals surface area contributed by atoms with Crippen LogP contribution in [0.1, 0.15) is 27.6 Å². The van der Waals surface area contributed by atoms with Crippen LogP contribution in [0, 0.1) is 6.92 Å². The van der Waals surface area contributed by atoms with Crippen molar-refractivity contribution < 1.29 is 9.32 Å². The van der Waals surface area contributed by atoms with Crippen LogP contribution in [0.4, 0.5) is 0 Å². The van der Waals surface area contributed by atoms with Crippen molar-refractivity contribution in [3.05, 3.63) is 98.9 Å². The fraction of sp³-hybridized carbons (Fsp3) is 0.174. The Kier molecular flexibility index (Phi) is 6.42. The largest absolute Gasteiger partial charge is 0.347 e. The Labute approximate surface area is 188 Å². The topological polar surface area (TPSA) is 103 Å². The van der Waals surface area contributed by atoms with E-state index in [1.54, 1.807) is 18.2 Å². The minimum Gasteiger partial charge on any atom is -0.347 e. The van der Waals surface area contributed by atoms with Gasteiger partial charge in [-0.3, -0.25) is 9.59 Å². The van der Waals surface area contributed by atoms with E-state index in [4.69, 9.17) is 16.1 Å². The molecule has 0 saturated carbocycles. The van der Waals surface area contributed by atoms with Crippen molar-refractivity contribution >= 4 is 17.5 Å². The lowest BCUT2D eigenvalue weighted by molar-refractivity contribution is 0.0910. The molecule has 2 aromatic carbocycles. The molecule has 32 heavy (non-hydrogen) atoms. The predicted octanol–water partition coefficient (Wildman–Crippen LogP) is 3.28. The van der Waals surface area contributed by atoms with Crippen molar-refractivity contribution in [3.63, 3.8) is 0 Å². The molecule has 0 spiro atoms. The predicted molar refractivity (Wildman–Crippen MR) is 120 cm³/mol. The molecular weight excluding hydrogens is 430 g/mol. The maximum atomic E-state index is 12.3. The van der Waals surface area contributed by atoms with Crippen molar-refractivity contribution in [3.8, 4) is 11.3 Å². The van der Waals surface area contributed by atoms with Gasteiger partial charge < -0.3 is 9.84 Å². The Balaban J connectivity index is 1.39. The average molecular weight is 450 g/mol. The molecule has 0 aliphatic carbocycles. The minimum atomic E-state index is -0.480. The average Bonchev–Trinajstić information content (AvgIpc) is 3.26. The monoisotopic (exact) mass is 449 g/mol. The van der Waals surface area contributed by atoms with Gasteiger partial charge in [0.05, 0.1) is 5.69 Å². The van der Waals surface area contributed by atoms with E-state index in [0.29, 0.717) is 23.7 Å². The van der Waals surface area contributed by atoms with Gasteiger partial charge in [-0.2, -0.15) is 10.1 Å². The zero-order valence-corrected chi connectivity index (χ0v) is 18.0. The van der Waals surface area contributed by atoms with Gasteiger partial charge >= 0.3 is 11.8 Å². The fourth-order valence-corrected chi connectivity index (χ4v) is 3.16. The zero-order chi connectivity index (χ0) is 22.5. The lowest BCUT2D eigenvalue weighted by atomic mass is 10.1. The molecule has 0 saturated heterocycles. The molecule has 9 heteroatoms. The first-order valence-electron chi connectivity index (χ1n) is 9.98. The molecule has 162 valence electrons. The third kappa shape index (κ3) is 5.28. The number of nitrogens with zero attached hydrogens (tertiary/aromatic N) is 4. The summed E-state index contributed by atoms with van der Waals surface area (Å²) in [4.78, 5) is 28.6. The summed E-state index contributed by atoms with van der Waals surface area (Å²) in [5, 5.41) is 11.6. The second kappa shape index (κ2) is 9.57. The number of amides is 1. The molecule has 2 aromatic heterocycles. The minimum absolute atomic E-state index is 0.0138. The number of hydrogen-bond acceptors (Lipinski definition) is 6. The van der Waals surface area contributed by atoms with Crippen LogP contribution >= 0.6 is 11.6 Å². The van der Waals surface area contributed by atoms with E-state index in [0.717, 1.165) is 16.7 Å².